The van der Waals surface area contributed by atoms with E-state index in [0.29, 0.717) is 0 Å². The molecule has 0 aliphatic carbocycles. The monoisotopic (exact) mass is 341 g/mol. The lowest BCUT2D eigenvalue weighted by molar-refractivity contribution is -0.162. The summed E-state index contributed by atoms with van der Waals surface area (Å²) in [5.41, 5.74) is 1.24. The third-order valence-corrected chi connectivity index (χ3v) is 6.82. The molecule has 0 spiro atoms. The molecule has 0 bridgehead atoms. The second-order valence-corrected chi connectivity index (χ2v) is 12.9. The second-order valence-electron chi connectivity index (χ2n) is 7.27. The Kier molecular flexibility index (Phi) is 3.94. The van der Waals surface area contributed by atoms with Crippen LogP contribution in [0.2, 0.25) is 19.6 Å². The van der Waals surface area contributed by atoms with E-state index in [4.69, 9.17) is 4.43 Å². The first-order chi connectivity index (χ1) is 10.2. The summed E-state index contributed by atoms with van der Waals surface area (Å²) in [5.74, 6) is 0.835. The van der Waals surface area contributed by atoms with Crippen molar-refractivity contribution in [2.45, 2.75) is 45.1 Å². The van der Waals surface area contributed by atoms with Crippen molar-refractivity contribution in [3.63, 3.8) is 0 Å². The van der Waals surface area contributed by atoms with Gasteiger partial charge in [0.25, 0.3) is 0 Å². The van der Waals surface area contributed by atoms with E-state index in [1.54, 1.807) is 4.90 Å². The van der Waals surface area contributed by atoms with Crippen LogP contribution in [0.3, 0.4) is 0 Å². The van der Waals surface area contributed by atoms with Crippen LogP contribution in [0.5, 0.6) is 0 Å². The van der Waals surface area contributed by atoms with E-state index >= 15 is 0 Å². The molecule has 1 amide bonds. The molecule has 5 nitrogen and oxygen atoms in total. The van der Waals surface area contributed by atoms with Gasteiger partial charge >= 0.3 is 5.97 Å². The first-order valence-corrected chi connectivity index (χ1v) is 12.3. The van der Waals surface area contributed by atoms with E-state index in [0.717, 1.165) is 23.5 Å². The van der Waals surface area contributed by atoms with Crippen LogP contribution in [0.25, 0.3) is 0 Å². The van der Waals surface area contributed by atoms with E-state index in [1.807, 2.05) is 18.7 Å². The zero-order valence-electron chi connectivity index (χ0n) is 13.5. The number of hydrogen-bond acceptors (Lipinski definition) is 4. The van der Waals surface area contributed by atoms with Gasteiger partial charge < -0.3 is 14.4 Å². The zero-order valence-corrected chi connectivity index (χ0v) is 15.3. The van der Waals surface area contributed by atoms with Gasteiger partial charge in [0.2, 0.25) is 5.91 Å². The number of rotatable bonds is 4. The normalized spacial score (nSPS) is 32.5. The van der Waals surface area contributed by atoms with E-state index < -0.39 is 14.3 Å². The van der Waals surface area contributed by atoms with Gasteiger partial charge in [-0.15, -0.1) is 0 Å². The van der Waals surface area contributed by atoms with E-state index in [2.05, 4.69) is 19.6 Å². The van der Waals surface area contributed by atoms with Crippen LogP contribution in [-0.2, 0) is 14.0 Å². The maximum atomic E-state index is 12.6. The highest BCUT2D eigenvalue weighted by molar-refractivity contribution is 7.99. The Labute approximate surface area is 136 Å². The molecule has 3 heterocycles. The molecule has 0 unspecified atom stereocenters. The molecule has 0 radical (unpaired) electrons. The quantitative estimate of drug-likeness (QED) is 0.627. The Morgan fingerprint density at radius 1 is 1.45 bits per heavy atom. The van der Waals surface area contributed by atoms with Crippen molar-refractivity contribution < 1.29 is 19.1 Å². The standard InChI is InChI=1S/C15H23NO4SSi/c1-8(20-22(2,3)4)11-12-10-7-21-6-5-9(10)13(15(18)19)16(12)14(11)17/h8,10-12H,5-7H2,1-4H3,(H,18,19)/t8-,10+,11-,12-/m1/s1. The molecule has 2 saturated heterocycles. The van der Waals surface area contributed by atoms with Crippen LogP contribution in [0, 0.1) is 11.8 Å². The number of thioether (sulfide) groups is 1. The molecule has 3 aliphatic heterocycles. The molecule has 2 fully saturated rings. The van der Waals surface area contributed by atoms with Crippen LogP contribution in [0.4, 0.5) is 0 Å². The first-order valence-electron chi connectivity index (χ1n) is 7.77. The molecule has 22 heavy (non-hydrogen) atoms. The number of fused-ring (bicyclic) bond motifs is 3. The van der Waals surface area contributed by atoms with Gasteiger partial charge in [0, 0.05) is 11.7 Å². The predicted molar refractivity (Wildman–Crippen MR) is 88.1 cm³/mol. The number of amides is 1. The van der Waals surface area contributed by atoms with Crippen molar-refractivity contribution in [2.75, 3.05) is 11.5 Å². The Bertz CT molecular complexity index is 556. The Balaban J connectivity index is 1.87. The fraction of sp³-hybridized carbons (Fsp3) is 0.733. The number of carbonyl (C=O) groups is 2. The fourth-order valence-electron chi connectivity index (χ4n) is 4.00. The number of carbonyl (C=O) groups excluding carboxylic acids is 1. The van der Waals surface area contributed by atoms with Gasteiger partial charge in [-0.05, 0) is 44.3 Å². The summed E-state index contributed by atoms with van der Waals surface area (Å²) in [5, 5.41) is 9.52. The maximum Gasteiger partial charge on any atom is 0.352 e. The summed E-state index contributed by atoms with van der Waals surface area (Å²) < 4.78 is 6.11. The number of carboxylic acid groups (broad SMARTS) is 1. The molecular formula is C15H23NO4SSi. The van der Waals surface area contributed by atoms with Crippen LogP contribution >= 0.6 is 11.8 Å². The van der Waals surface area contributed by atoms with Crippen molar-refractivity contribution in [1.82, 2.24) is 4.90 Å². The van der Waals surface area contributed by atoms with Crippen LogP contribution < -0.4 is 0 Å². The summed E-state index contributed by atoms with van der Waals surface area (Å²) in [6.07, 6.45) is 0.648. The summed E-state index contributed by atoms with van der Waals surface area (Å²) >= 11 is 1.86. The molecule has 1 N–H and O–H groups in total. The smallest absolute Gasteiger partial charge is 0.352 e. The molecule has 0 saturated carbocycles. The SMILES string of the molecule is C[C@@H](O[Si](C)(C)C)[C@H]1C(=O)N2C(C(=O)O)=C3CCSC[C@@H]3[C@H]12. The van der Waals surface area contributed by atoms with Gasteiger partial charge in [0.1, 0.15) is 5.70 Å². The minimum Gasteiger partial charge on any atom is -0.477 e. The largest absolute Gasteiger partial charge is 0.477 e. The summed E-state index contributed by atoms with van der Waals surface area (Å²) in [6, 6.07) is -0.00671. The predicted octanol–water partition coefficient (Wildman–Crippen LogP) is 2.16. The molecule has 0 aromatic heterocycles. The van der Waals surface area contributed by atoms with Crippen molar-refractivity contribution in [2.24, 2.45) is 11.8 Å². The Morgan fingerprint density at radius 2 is 2.14 bits per heavy atom. The van der Waals surface area contributed by atoms with E-state index in [-0.39, 0.29) is 35.6 Å². The zero-order chi connectivity index (χ0) is 16.2. The maximum absolute atomic E-state index is 12.6. The fourth-order valence-corrected chi connectivity index (χ4v) is 6.45. The molecule has 3 rings (SSSR count). The highest BCUT2D eigenvalue weighted by Gasteiger charge is 2.61. The van der Waals surface area contributed by atoms with Gasteiger partial charge in [-0.2, -0.15) is 11.8 Å². The van der Waals surface area contributed by atoms with Crippen molar-refractivity contribution in [1.29, 1.82) is 0 Å². The molecule has 3 aliphatic rings. The highest BCUT2D eigenvalue weighted by atomic mass is 32.2. The van der Waals surface area contributed by atoms with Crippen molar-refractivity contribution in [3.05, 3.63) is 11.3 Å². The Morgan fingerprint density at radius 3 is 2.73 bits per heavy atom. The molecular weight excluding hydrogens is 318 g/mol. The third-order valence-electron chi connectivity index (χ3n) is 4.65. The van der Waals surface area contributed by atoms with Crippen molar-refractivity contribution >= 4 is 32.0 Å². The van der Waals surface area contributed by atoms with Crippen LogP contribution in [-0.4, -0.2) is 53.9 Å². The highest BCUT2D eigenvalue weighted by Crippen LogP contribution is 2.51. The van der Waals surface area contributed by atoms with Gasteiger partial charge in [0.05, 0.1) is 18.1 Å². The number of carboxylic acids is 1. The molecule has 0 aromatic carbocycles. The summed E-state index contributed by atoms with van der Waals surface area (Å²) in [4.78, 5) is 25.7. The van der Waals surface area contributed by atoms with Gasteiger partial charge in [-0.1, -0.05) is 0 Å². The summed E-state index contributed by atoms with van der Waals surface area (Å²) in [7, 11) is -1.73. The lowest BCUT2D eigenvalue weighted by atomic mass is 9.77. The number of hydrogen-bond donors (Lipinski definition) is 1. The van der Waals surface area contributed by atoms with Gasteiger partial charge in [-0.25, -0.2) is 4.79 Å². The van der Waals surface area contributed by atoms with E-state index in [9.17, 15) is 14.7 Å². The van der Waals surface area contributed by atoms with Crippen LogP contribution in [0.15, 0.2) is 11.3 Å². The lowest BCUT2D eigenvalue weighted by Crippen LogP contribution is -2.65. The summed E-state index contributed by atoms with van der Waals surface area (Å²) in [6.45, 7) is 8.30. The minimum absolute atomic E-state index is 0.00671. The average molecular weight is 342 g/mol. The first kappa shape index (κ1) is 16.1. The van der Waals surface area contributed by atoms with Crippen molar-refractivity contribution in [3.8, 4) is 0 Å². The number of nitrogens with zero attached hydrogens (tertiary/aromatic N) is 1. The lowest BCUT2D eigenvalue weighted by Gasteiger charge is -2.49. The molecule has 4 atom stereocenters. The third kappa shape index (κ3) is 2.43. The topological polar surface area (TPSA) is 66.8 Å². The Hall–Kier alpha value is -0.793. The second kappa shape index (κ2) is 5.38. The number of β-lactam (4-membered cyclic amide) rings is 1. The number of aliphatic carboxylic acids is 1. The molecule has 7 heteroatoms. The molecule has 0 aromatic rings. The molecule has 122 valence electrons. The van der Waals surface area contributed by atoms with E-state index in [1.165, 1.54) is 0 Å². The van der Waals surface area contributed by atoms with Crippen LogP contribution in [0.1, 0.15) is 13.3 Å². The van der Waals surface area contributed by atoms with Gasteiger partial charge in [-0.3, -0.25) is 4.79 Å². The van der Waals surface area contributed by atoms with Gasteiger partial charge in [0.15, 0.2) is 8.32 Å². The average Bonchev–Trinajstić information content (AvgIpc) is 2.68. The minimum atomic E-state index is -1.73.